The number of rotatable bonds is 5. The van der Waals surface area contributed by atoms with E-state index in [1.807, 2.05) is 25.5 Å². The maximum Gasteiger partial charge on any atom is 0.131 e. The molecule has 1 saturated carbocycles. The lowest BCUT2D eigenvalue weighted by Crippen LogP contribution is -2.28. The van der Waals surface area contributed by atoms with Crippen molar-refractivity contribution in [2.75, 3.05) is 18.5 Å². The van der Waals surface area contributed by atoms with E-state index < -0.39 is 0 Å². The number of anilines is 1. The standard InChI is InChI=1S/C14H19N5O/c1-19(3-2-10-7-17-18-8-10)14-6-13(15-9-16-14)11-4-12(20)5-11/h6-9,11-12,20H,2-5H2,1H3,(H,17,18). The molecule has 0 unspecified atom stereocenters. The van der Waals surface area contributed by atoms with Crippen LogP contribution in [0.15, 0.2) is 24.8 Å². The van der Waals surface area contributed by atoms with Gasteiger partial charge in [-0.05, 0) is 24.8 Å². The Balaban J connectivity index is 1.62. The van der Waals surface area contributed by atoms with Gasteiger partial charge in [0.25, 0.3) is 0 Å². The Morgan fingerprint density at radius 2 is 2.25 bits per heavy atom. The van der Waals surface area contributed by atoms with E-state index in [2.05, 4.69) is 25.1 Å². The average Bonchev–Trinajstić information content (AvgIpc) is 2.95. The Morgan fingerprint density at radius 1 is 1.40 bits per heavy atom. The second kappa shape index (κ2) is 5.58. The van der Waals surface area contributed by atoms with Crippen molar-refractivity contribution in [3.05, 3.63) is 36.0 Å². The topological polar surface area (TPSA) is 77.9 Å². The van der Waals surface area contributed by atoms with Gasteiger partial charge in [0.15, 0.2) is 0 Å². The van der Waals surface area contributed by atoms with Crippen molar-refractivity contribution >= 4 is 5.82 Å². The zero-order chi connectivity index (χ0) is 13.9. The summed E-state index contributed by atoms with van der Waals surface area (Å²) in [5, 5.41) is 16.1. The minimum Gasteiger partial charge on any atom is -0.393 e. The van der Waals surface area contributed by atoms with Gasteiger partial charge in [0.1, 0.15) is 12.1 Å². The van der Waals surface area contributed by atoms with Crippen LogP contribution in [0.5, 0.6) is 0 Å². The lowest BCUT2D eigenvalue weighted by Gasteiger charge is -2.31. The molecular formula is C14H19N5O. The van der Waals surface area contributed by atoms with E-state index in [0.29, 0.717) is 5.92 Å². The molecule has 1 aliphatic carbocycles. The molecule has 0 saturated heterocycles. The molecule has 3 rings (SSSR count). The van der Waals surface area contributed by atoms with Crippen molar-refractivity contribution in [1.29, 1.82) is 0 Å². The smallest absolute Gasteiger partial charge is 0.131 e. The summed E-state index contributed by atoms with van der Waals surface area (Å²) < 4.78 is 0. The molecule has 2 heterocycles. The van der Waals surface area contributed by atoms with Crippen LogP contribution in [0.3, 0.4) is 0 Å². The van der Waals surface area contributed by atoms with Crippen LogP contribution in [-0.2, 0) is 6.42 Å². The summed E-state index contributed by atoms with van der Waals surface area (Å²) in [5.74, 6) is 1.31. The van der Waals surface area contributed by atoms with Gasteiger partial charge < -0.3 is 10.0 Å². The summed E-state index contributed by atoms with van der Waals surface area (Å²) in [6.45, 7) is 0.878. The minimum atomic E-state index is -0.155. The molecule has 0 aliphatic heterocycles. The number of nitrogens with zero attached hydrogens (tertiary/aromatic N) is 4. The molecule has 2 aromatic heterocycles. The van der Waals surface area contributed by atoms with Crippen molar-refractivity contribution < 1.29 is 5.11 Å². The third-order valence-corrected chi connectivity index (χ3v) is 3.89. The van der Waals surface area contributed by atoms with E-state index in [0.717, 1.165) is 37.3 Å². The zero-order valence-electron chi connectivity index (χ0n) is 11.5. The van der Waals surface area contributed by atoms with Gasteiger partial charge in [0.2, 0.25) is 0 Å². The Hall–Kier alpha value is -1.95. The maximum absolute atomic E-state index is 9.39. The normalized spacial score (nSPS) is 21.5. The maximum atomic E-state index is 9.39. The molecule has 6 heteroatoms. The van der Waals surface area contributed by atoms with Crippen LogP contribution < -0.4 is 4.90 Å². The summed E-state index contributed by atoms with van der Waals surface area (Å²) in [6, 6.07) is 2.03. The minimum absolute atomic E-state index is 0.155. The Morgan fingerprint density at radius 3 is 2.95 bits per heavy atom. The quantitative estimate of drug-likeness (QED) is 0.853. The molecular weight excluding hydrogens is 254 g/mol. The predicted octanol–water partition coefficient (Wildman–Crippen LogP) is 1.12. The van der Waals surface area contributed by atoms with Gasteiger partial charge in [-0.1, -0.05) is 0 Å². The summed E-state index contributed by atoms with van der Waals surface area (Å²) in [6.07, 6.45) is 7.77. The van der Waals surface area contributed by atoms with Gasteiger partial charge in [-0.25, -0.2) is 9.97 Å². The van der Waals surface area contributed by atoms with Crippen LogP contribution >= 0.6 is 0 Å². The number of likely N-dealkylation sites (N-methyl/N-ethyl adjacent to an activating group) is 1. The largest absolute Gasteiger partial charge is 0.393 e. The molecule has 0 amide bonds. The van der Waals surface area contributed by atoms with E-state index in [4.69, 9.17) is 0 Å². The molecule has 20 heavy (non-hydrogen) atoms. The molecule has 1 aliphatic rings. The third-order valence-electron chi connectivity index (χ3n) is 3.89. The van der Waals surface area contributed by atoms with Gasteiger partial charge in [-0.15, -0.1) is 0 Å². The highest BCUT2D eigenvalue weighted by Gasteiger charge is 2.29. The fourth-order valence-electron chi connectivity index (χ4n) is 2.45. The van der Waals surface area contributed by atoms with E-state index >= 15 is 0 Å². The molecule has 2 aromatic rings. The van der Waals surface area contributed by atoms with Gasteiger partial charge in [-0.2, -0.15) is 5.10 Å². The van der Waals surface area contributed by atoms with Crippen molar-refractivity contribution in [3.63, 3.8) is 0 Å². The number of aromatic nitrogens is 4. The summed E-state index contributed by atoms with van der Waals surface area (Å²) in [5.41, 5.74) is 2.23. The van der Waals surface area contributed by atoms with E-state index in [-0.39, 0.29) is 6.10 Å². The molecule has 106 valence electrons. The fourth-order valence-corrected chi connectivity index (χ4v) is 2.45. The Labute approximate surface area is 117 Å². The third kappa shape index (κ3) is 2.80. The number of hydrogen-bond acceptors (Lipinski definition) is 5. The fraction of sp³-hybridized carbons (Fsp3) is 0.500. The van der Waals surface area contributed by atoms with E-state index in [1.54, 1.807) is 6.33 Å². The number of aliphatic hydroxyl groups is 1. The number of aliphatic hydroxyl groups excluding tert-OH is 1. The van der Waals surface area contributed by atoms with Crippen LogP contribution in [-0.4, -0.2) is 45.0 Å². The van der Waals surface area contributed by atoms with Crippen LogP contribution in [0.4, 0.5) is 5.82 Å². The highest BCUT2D eigenvalue weighted by molar-refractivity contribution is 5.39. The van der Waals surface area contributed by atoms with Gasteiger partial charge in [0.05, 0.1) is 12.3 Å². The number of aromatic amines is 1. The van der Waals surface area contributed by atoms with Crippen LogP contribution in [0.25, 0.3) is 0 Å². The summed E-state index contributed by atoms with van der Waals surface area (Å²) in [4.78, 5) is 10.8. The first kappa shape index (κ1) is 13.1. The monoisotopic (exact) mass is 273 g/mol. The van der Waals surface area contributed by atoms with E-state index in [1.165, 1.54) is 5.56 Å². The van der Waals surface area contributed by atoms with Crippen molar-refractivity contribution in [2.24, 2.45) is 0 Å². The van der Waals surface area contributed by atoms with Crippen molar-refractivity contribution in [3.8, 4) is 0 Å². The summed E-state index contributed by atoms with van der Waals surface area (Å²) in [7, 11) is 2.03. The SMILES string of the molecule is CN(CCc1cn[nH]c1)c1cc(C2CC(O)C2)ncn1. The lowest BCUT2D eigenvalue weighted by molar-refractivity contribution is 0.0732. The van der Waals surface area contributed by atoms with Crippen LogP contribution in [0, 0.1) is 0 Å². The van der Waals surface area contributed by atoms with Gasteiger partial charge >= 0.3 is 0 Å². The Bertz CT molecular complexity index is 550. The molecule has 1 fully saturated rings. The number of nitrogens with one attached hydrogen (secondary N) is 1. The van der Waals surface area contributed by atoms with Gasteiger partial charge in [-0.3, -0.25) is 5.10 Å². The molecule has 2 N–H and O–H groups in total. The van der Waals surface area contributed by atoms with Crippen molar-refractivity contribution in [2.45, 2.75) is 31.3 Å². The predicted molar refractivity (Wildman–Crippen MR) is 75.6 cm³/mol. The molecule has 0 radical (unpaired) electrons. The lowest BCUT2D eigenvalue weighted by atomic mass is 9.80. The van der Waals surface area contributed by atoms with Crippen LogP contribution in [0.2, 0.25) is 0 Å². The molecule has 0 atom stereocenters. The van der Waals surface area contributed by atoms with Gasteiger partial charge in [0, 0.05) is 37.5 Å². The molecule has 0 spiro atoms. The Kier molecular flexibility index (Phi) is 3.64. The second-order valence-corrected chi connectivity index (χ2v) is 5.40. The average molecular weight is 273 g/mol. The molecule has 6 nitrogen and oxygen atoms in total. The van der Waals surface area contributed by atoms with Crippen molar-refractivity contribution in [1.82, 2.24) is 20.2 Å². The number of H-pyrrole nitrogens is 1. The summed E-state index contributed by atoms with van der Waals surface area (Å²) >= 11 is 0. The highest BCUT2D eigenvalue weighted by atomic mass is 16.3. The highest BCUT2D eigenvalue weighted by Crippen LogP contribution is 2.36. The molecule has 0 bridgehead atoms. The first-order chi connectivity index (χ1) is 9.72. The van der Waals surface area contributed by atoms with E-state index in [9.17, 15) is 5.11 Å². The number of hydrogen-bond donors (Lipinski definition) is 2. The first-order valence-corrected chi connectivity index (χ1v) is 6.91. The van der Waals surface area contributed by atoms with Crippen LogP contribution in [0.1, 0.15) is 30.0 Å². The first-order valence-electron chi connectivity index (χ1n) is 6.91. The molecule has 0 aromatic carbocycles. The zero-order valence-corrected chi connectivity index (χ0v) is 11.5. The second-order valence-electron chi connectivity index (χ2n) is 5.40.